The van der Waals surface area contributed by atoms with Crippen molar-refractivity contribution in [1.82, 2.24) is 0 Å². The number of halogens is 1. The average Bonchev–Trinajstić information content (AvgIpc) is 2.11. The van der Waals surface area contributed by atoms with Crippen molar-refractivity contribution in [3.8, 4) is 0 Å². The fourth-order valence-corrected chi connectivity index (χ4v) is 1.14. The van der Waals surface area contributed by atoms with Crippen LogP contribution in [-0.2, 0) is 0 Å². The zero-order valence-electron chi connectivity index (χ0n) is 9.27. The Morgan fingerprint density at radius 3 is 2.31 bits per heavy atom. The number of benzene rings is 1. The third-order valence-corrected chi connectivity index (χ3v) is 2.05. The van der Waals surface area contributed by atoms with Crippen LogP contribution in [0.3, 0.4) is 0 Å². The number of rotatable bonds is 1. The van der Waals surface area contributed by atoms with Crippen molar-refractivity contribution < 1.29 is 0 Å². The van der Waals surface area contributed by atoms with Gasteiger partial charge in [0.15, 0.2) is 5.96 Å². The molecular formula is C10H16ClN5. The minimum atomic E-state index is -0.0958. The van der Waals surface area contributed by atoms with E-state index in [1.165, 1.54) is 0 Å². The topological polar surface area (TPSA) is 103 Å². The first kappa shape index (κ1) is 14.2. The SMILES string of the molecule is Cc1cccc(N=C(N)N=C(N)N)c1C.Cl. The van der Waals surface area contributed by atoms with E-state index in [4.69, 9.17) is 17.2 Å². The van der Waals surface area contributed by atoms with Crippen LogP contribution in [0.15, 0.2) is 28.2 Å². The lowest BCUT2D eigenvalue weighted by atomic mass is 10.1. The van der Waals surface area contributed by atoms with Crippen LogP contribution >= 0.6 is 12.4 Å². The first-order chi connectivity index (χ1) is 7.00. The van der Waals surface area contributed by atoms with Gasteiger partial charge >= 0.3 is 0 Å². The molecule has 0 bridgehead atoms. The van der Waals surface area contributed by atoms with Crippen molar-refractivity contribution in [2.45, 2.75) is 13.8 Å². The van der Waals surface area contributed by atoms with Crippen LogP contribution in [0.1, 0.15) is 11.1 Å². The summed E-state index contributed by atoms with van der Waals surface area (Å²) in [5.74, 6) is -0.0368. The van der Waals surface area contributed by atoms with E-state index in [0.717, 1.165) is 16.8 Å². The van der Waals surface area contributed by atoms with Crippen molar-refractivity contribution in [3.05, 3.63) is 29.3 Å². The molecule has 0 aromatic heterocycles. The summed E-state index contributed by atoms with van der Waals surface area (Å²) >= 11 is 0. The van der Waals surface area contributed by atoms with Crippen LogP contribution in [0.5, 0.6) is 0 Å². The molecule has 16 heavy (non-hydrogen) atoms. The van der Waals surface area contributed by atoms with Gasteiger partial charge in [-0.25, -0.2) is 4.99 Å². The van der Waals surface area contributed by atoms with E-state index in [-0.39, 0.29) is 24.3 Å². The van der Waals surface area contributed by atoms with Gasteiger partial charge in [0.2, 0.25) is 5.96 Å². The van der Waals surface area contributed by atoms with Gasteiger partial charge in [0.05, 0.1) is 5.69 Å². The van der Waals surface area contributed by atoms with Gasteiger partial charge in [-0.1, -0.05) is 12.1 Å². The minimum Gasteiger partial charge on any atom is -0.370 e. The lowest BCUT2D eigenvalue weighted by molar-refractivity contribution is 1.29. The van der Waals surface area contributed by atoms with Gasteiger partial charge in [-0.3, -0.25) is 0 Å². The number of aryl methyl sites for hydroxylation is 1. The van der Waals surface area contributed by atoms with Crippen molar-refractivity contribution in [3.63, 3.8) is 0 Å². The zero-order chi connectivity index (χ0) is 11.4. The van der Waals surface area contributed by atoms with E-state index in [9.17, 15) is 0 Å². The summed E-state index contributed by atoms with van der Waals surface area (Å²) in [6.45, 7) is 3.97. The molecule has 6 N–H and O–H groups in total. The second kappa shape index (κ2) is 5.97. The molecular weight excluding hydrogens is 226 g/mol. The summed E-state index contributed by atoms with van der Waals surface area (Å²) in [5.41, 5.74) is 18.9. The van der Waals surface area contributed by atoms with E-state index in [2.05, 4.69) is 9.98 Å². The van der Waals surface area contributed by atoms with Crippen LogP contribution in [0.2, 0.25) is 0 Å². The molecule has 0 aliphatic rings. The quantitative estimate of drug-likeness (QED) is 0.504. The summed E-state index contributed by atoms with van der Waals surface area (Å²) < 4.78 is 0. The molecule has 0 spiro atoms. The molecule has 6 heteroatoms. The maximum absolute atomic E-state index is 5.53. The van der Waals surface area contributed by atoms with Gasteiger partial charge in [0, 0.05) is 0 Å². The lowest BCUT2D eigenvalue weighted by Crippen LogP contribution is -2.26. The van der Waals surface area contributed by atoms with Crippen molar-refractivity contribution in [1.29, 1.82) is 0 Å². The van der Waals surface area contributed by atoms with Crippen LogP contribution in [0.25, 0.3) is 0 Å². The Morgan fingerprint density at radius 1 is 1.12 bits per heavy atom. The lowest BCUT2D eigenvalue weighted by Gasteiger charge is -2.03. The van der Waals surface area contributed by atoms with Gasteiger partial charge in [-0.05, 0) is 31.0 Å². The second-order valence-corrected chi connectivity index (χ2v) is 3.23. The van der Waals surface area contributed by atoms with Crippen LogP contribution in [0.4, 0.5) is 5.69 Å². The van der Waals surface area contributed by atoms with E-state index in [1.807, 2.05) is 32.0 Å². The zero-order valence-corrected chi connectivity index (χ0v) is 10.1. The normalized spacial score (nSPS) is 10.5. The molecule has 1 rings (SSSR count). The number of hydrogen-bond acceptors (Lipinski definition) is 1. The van der Waals surface area contributed by atoms with Gasteiger partial charge in [-0.2, -0.15) is 4.99 Å². The average molecular weight is 242 g/mol. The van der Waals surface area contributed by atoms with Gasteiger partial charge in [-0.15, -0.1) is 12.4 Å². The highest BCUT2D eigenvalue weighted by atomic mass is 35.5. The standard InChI is InChI=1S/C10H15N5.ClH/c1-6-4-3-5-8(7(6)2)14-10(13)15-9(11)12;/h3-5H,1-2H3,(H6,11,12,13,14,15);1H. The molecule has 1 aromatic carbocycles. The highest BCUT2D eigenvalue weighted by molar-refractivity contribution is 5.93. The van der Waals surface area contributed by atoms with Crippen molar-refractivity contribution >= 4 is 30.0 Å². The number of nitrogens with zero attached hydrogens (tertiary/aromatic N) is 2. The smallest absolute Gasteiger partial charge is 0.223 e. The van der Waals surface area contributed by atoms with E-state index < -0.39 is 0 Å². The summed E-state index contributed by atoms with van der Waals surface area (Å²) in [6, 6.07) is 5.77. The maximum atomic E-state index is 5.53. The fourth-order valence-electron chi connectivity index (χ4n) is 1.14. The van der Waals surface area contributed by atoms with Crippen LogP contribution < -0.4 is 17.2 Å². The summed E-state index contributed by atoms with van der Waals surface area (Å²) in [5, 5.41) is 0. The Balaban J connectivity index is 0.00000225. The summed E-state index contributed by atoms with van der Waals surface area (Å²) in [6.07, 6.45) is 0. The highest BCUT2D eigenvalue weighted by Crippen LogP contribution is 2.20. The number of hydrogen-bond donors (Lipinski definition) is 3. The third-order valence-electron chi connectivity index (χ3n) is 2.05. The Hall–Kier alpha value is -1.75. The monoisotopic (exact) mass is 241 g/mol. The Bertz CT molecular complexity index is 421. The molecule has 0 atom stereocenters. The number of guanidine groups is 2. The van der Waals surface area contributed by atoms with Gasteiger partial charge in [0.25, 0.3) is 0 Å². The van der Waals surface area contributed by atoms with Crippen molar-refractivity contribution in [2.75, 3.05) is 0 Å². The fraction of sp³-hybridized carbons (Fsp3) is 0.200. The number of aliphatic imine (C=N–C) groups is 2. The molecule has 0 radical (unpaired) electrons. The molecule has 5 nitrogen and oxygen atoms in total. The van der Waals surface area contributed by atoms with E-state index in [1.54, 1.807) is 0 Å². The van der Waals surface area contributed by atoms with Gasteiger partial charge < -0.3 is 17.2 Å². The first-order valence-electron chi connectivity index (χ1n) is 4.50. The van der Waals surface area contributed by atoms with Crippen molar-refractivity contribution in [2.24, 2.45) is 27.2 Å². The van der Waals surface area contributed by atoms with E-state index in [0.29, 0.717) is 0 Å². The second-order valence-electron chi connectivity index (χ2n) is 3.23. The highest BCUT2D eigenvalue weighted by Gasteiger charge is 1.99. The molecule has 88 valence electrons. The predicted octanol–water partition coefficient (Wildman–Crippen LogP) is 0.945. The maximum Gasteiger partial charge on any atom is 0.223 e. The molecule has 0 saturated heterocycles. The first-order valence-corrected chi connectivity index (χ1v) is 4.50. The predicted molar refractivity (Wildman–Crippen MR) is 70.3 cm³/mol. The Morgan fingerprint density at radius 2 is 1.75 bits per heavy atom. The molecule has 0 fully saturated rings. The molecule has 0 unspecified atom stereocenters. The minimum absolute atomic E-state index is 0. The number of nitrogens with two attached hydrogens (primary N) is 3. The molecule has 1 aromatic rings. The molecule has 0 amide bonds. The Labute approximate surface area is 101 Å². The third kappa shape index (κ3) is 3.78. The van der Waals surface area contributed by atoms with Crippen LogP contribution in [-0.4, -0.2) is 11.9 Å². The van der Waals surface area contributed by atoms with E-state index >= 15 is 0 Å². The summed E-state index contributed by atoms with van der Waals surface area (Å²) in [4.78, 5) is 7.75. The largest absolute Gasteiger partial charge is 0.370 e. The molecule has 0 aliphatic carbocycles. The van der Waals surface area contributed by atoms with Gasteiger partial charge in [0.1, 0.15) is 0 Å². The summed E-state index contributed by atoms with van der Waals surface area (Å²) in [7, 11) is 0. The van der Waals surface area contributed by atoms with Crippen LogP contribution in [0, 0.1) is 13.8 Å². The Kier molecular flexibility index (Phi) is 5.32. The molecule has 0 saturated carbocycles. The molecule has 0 heterocycles. The molecule has 0 aliphatic heterocycles.